The molecule has 2 aliphatic heterocycles. The molecule has 4 heterocycles. The summed E-state index contributed by atoms with van der Waals surface area (Å²) in [5.41, 5.74) is 5.78. The summed E-state index contributed by atoms with van der Waals surface area (Å²) < 4.78 is 4.02. The fourth-order valence-corrected chi connectivity index (χ4v) is 5.81. The molecular formula is C26H30N6O2. The van der Waals surface area contributed by atoms with Gasteiger partial charge in [0.1, 0.15) is 6.04 Å². The van der Waals surface area contributed by atoms with Gasteiger partial charge in [0.05, 0.1) is 24.1 Å². The SMILES string of the molecule is Cn1ncc(-c2ccc3c(c2)CN([C@H]2CCCNC2=O)C3=O)c1-c1cnn(C2CCCCC2)c1. The van der Waals surface area contributed by atoms with Gasteiger partial charge in [0.25, 0.3) is 5.91 Å². The van der Waals surface area contributed by atoms with Crippen molar-refractivity contribution < 1.29 is 9.59 Å². The van der Waals surface area contributed by atoms with Gasteiger partial charge in [0.15, 0.2) is 0 Å². The molecule has 34 heavy (non-hydrogen) atoms. The lowest BCUT2D eigenvalue weighted by molar-refractivity contribution is -0.127. The van der Waals surface area contributed by atoms with Crippen molar-refractivity contribution >= 4 is 11.8 Å². The van der Waals surface area contributed by atoms with Gasteiger partial charge in [0, 0.05) is 43.0 Å². The van der Waals surface area contributed by atoms with Crippen LogP contribution < -0.4 is 5.32 Å². The van der Waals surface area contributed by atoms with Crippen LogP contribution >= 0.6 is 0 Å². The minimum absolute atomic E-state index is 0.0443. The Bertz CT molecular complexity index is 1250. The van der Waals surface area contributed by atoms with Crippen LogP contribution in [0, 0.1) is 0 Å². The number of hydrogen-bond donors (Lipinski definition) is 1. The van der Waals surface area contributed by atoms with Gasteiger partial charge in [-0.3, -0.25) is 19.0 Å². The van der Waals surface area contributed by atoms with E-state index in [-0.39, 0.29) is 17.9 Å². The molecule has 0 unspecified atom stereocenters. The molecule has 2 fully saturated rings. The summed E-state index contributed by atoms with van der Waals surface area (Å²) in [6.45, 7) is 1.16. The number of carbonyl (C=O) groups is 2. The summed E-state index contributed by atoms with van der Waals surface area (Å²) >= 11 is 0. The molecule has 1 aromatic carbocycles. The first-order chi connectivity index (χ1) is 16.6. The van der Waals surface area contributed by atoms with Crippen molar-refractivity contribution in [2.45, 2.75) is 63.6 Å². The largest absolute Gasteiger partial charge is 0.354 e. The molecule has 1 aliphatic carbocycles. The Hall–Kier alpha value is -3.42. The van der Waals surface area contributed by atoms with Gasteiger partial charge in [0.2, 0.25) is 5.91 Å². The number of rotatable bonds is 4. The van der Waals surface area contributed by atoms with Crippen molar-refractivity contribution in [3.8, 4) is 22.4 Å². The van der Waals surface area contributed by atoms with Crippen molar-refractivity contribution in [2.75, 3.05) is 6.54 Å². The van der Waals surface area contributed by atoms with Gasteiger partial charge in [-0.25, -0.2) is 0 Å². The third kappa shape index (κ3) is 3.52. The van der Waals surface area contributed by atoms with Crippen LogP contribution in [-0.2, 0) is 18.4 Å². The molecule has 8 heteroatoms. The van der Waals surface area contributed by atoms with Crippen LogP contribution in [0.5, 0.6) is 0 Å². The molecule has 2 amide bonds. The van der Waals surface area contributed by atoms with E-state index in [4.69, 9.17) is 5.10 Å². The highest BCUT2D eigenvalue weighted by atomic mass is 16.2. The molecule has 6 rings (SSSR count). The van der Waals surface area contributed by atoms with E-state index in [0.29, 0.717) is 24.7 Å². The van der Waals surface area contributed by atoms with E-state index >= 15 is 0 Å². The van der Waals surface area contributed by atoms with E-state index in [1.807, 2.05) is 36.3 Å². The summed E-state index contributed by atoms with van der Waals surface area (Å²) in [4.78, 5) is 27.1. The van der Waals surface area contributed by atoms with Crippen LogP contribution in [0.15, 0.2) is 36.8 Å². The summed E-state index contributed by atoms with van der Waals surface area (Å²) in [7, 11) is 1.96. The molecule has 2 aromatic heterocycles. The lowest BCUT2D eigenvalue weighted by Gasteiger charge is -2.30. The van der Waals surface area contributed by atoms with Crippen molar-refractivity contribution in [3.63, 3.8) is 0 Å². The molecule has 1 atom stereocenters. The number of carbonyl (C=O) groups excluding carboxylic acids is 2. The summed E-state index contributed by atoms with van der Waals surface area (Å²) in [6.07, 6.45) is 13.8. The first-order valence-corrected chi connectivity index (χ1v) is 12.4. The van der Waals surface area contributed by atoms with Crippen molar-refractivity contribution in [1.29, 1.82) is 0 Å². The second-order valence-corrected chi connectivity index (χ2v) is 9.79. The normalized spacial score (nSPS) is 21.1. The van der Waals surface area contributed by atoms with Crippen LogP contribution in [0.25, 0.3) is 22.4 Å². The fourth-order valence-electron chi connectivity index (χ4n) is 5.81. The third-order valence-electron chi connectivity index (χ3n) is 7.64. The van der Waals surface area contributed by atoms with Crippen LogP contribution in [-0.4, -0.2) is 48.9 Å². The molecule has 1 saturated carbocycles. The number of amides is 2. The molecule has 0 spiro atoms. The molecular weight excluding hydrogens is 428 g/mol. The number of nitrogens with one attached hydrogen (secondary N) is 1. The maximum atomic E-state index is 13.1. The Kier molecular flexibility index (Phi) is 5.23. The van der Waals surface area contributed by atoms with Crippen molar-refractivity contribution in [1.82, 2.24) is 29.8 Å². The molecule has 1 N–H and O–H groups in total. The molecule has 0 radical (unpaired) electrons. The predicted octanol–water partition coefficient (Wildman–Crippen LogP) is 3.69. The Morgan fingerprint density at radius 1 is 0.941 bits per heavy atom. The average molecular weight is 459 g/mol. The van der Waals surface area contributed by atoms with Crippen LogP contribution in [0.2, 0.25) is 0 Å². The highest BCUT2D eigenvalue weighted by Crippen LogP contribution is 2.36. The standard InChI is InChI=1S/C26H30N6O2/c1-30-24(19-13-29-32(16-19)20-6-3-2-4-7-20)22(14-28-30)17-9-10-21-18(12-17)15-31(26(21)34)23-8-5-11-27-25(23)33/h9-10,12-14,16,20,23H,2-8,11,15H2,1H3,(H,27,33)/t23-/m0/s1. The number of piperidine rings is 1. The van der Waals surface area contributed by atoms with Gasteiger partial charge in [-0.15, -0.1) is 0 Å². The fraction of sp³-hybridized carbons (Fsp3) is 0.462. The first-order valence-electron chi connectivity index (χ1n) is 12.4. The first kappa shape index (κ1) is 21.1. The zero-order chi connectivity index (χ0) is 23.2. The Labute approximate surface area is 198 Å². The highest BCUT2D eigenvalue weighted by Gasteiger charge is 2.37. The lowest BCUT2D eigenvalue weighted by atomic mass is 9.96. The van der Waals surface area contributed by atoms with Crippen LogP contribution in [0.3, 0.4) is 0 Å². The van der Waals surface area contributed by atoms with Crippen LogP contribution in [0.4, 0.5) is 0 Å². The maximum Gasteiger partial charge on any atom is 0.255 e. The monoisotopic (exact) mass is 458 g/mol. The second-order valence-electron chi connectivity index (χ2n) is 9.79. The van der Waals surface area contributed by atoms with Gasteiger partial charge >= 0.3 is 0 Å². The molecule has 176 valence electrons. The average Bonchev–Trinajstić information content (AvgIpc) is 3.57. The van der Waals surface area contributed by atoms with Crippen LogP contribution in [0.1, 0.15) is 66.9 Å². The molecule has 3 aliphatic rings. The summed E-state index contributed by atoms with van der Waals surface area (Å²) in [6, 6.07) is 6.08. The molecule has 1 saturated heterocycles. The minimum atomic E-state index is -0.378. The zero-order valence-electron chi connectivity index (χ0n) is 19.5. The zero-order valence-corrected chi connectivity index (χ0v) is 19.5. The molecule has 8 nitrogen and oxygen atoms in total. The van der Waals surface area contributed by atoms with E-state index in [2.05, 4.69) is 27.4 Å². The Morgan fingerprint density at radius 2 is 1.79 bits per heavy atom. The number of nitrogens with zero attached hydrogens (tertiary/aromatic N) is 5. The Morgan fingerprint density at radius 3 is 2.62 bits per heavy atom. The van der Waals surface area contributed by atoms with E-state index in [9.17, 15) is 9.59 Å². The molecule has 3 aromatic rings. The van der Waals surface area contributed by atoms with E-state index in [1.165, 1.54) is 32.1 Å². The van der Waals surface area contributed by atoms with E-state index in [1.54, 1.807) is 4.90 Å². The number of aromatic nitrogens is 4. The van der Waals surface area contributed by atoms with Gasteiger partial charge in [-0.2, -0.15) is 10.2 Å². The smallest absolute Gasteiger partial charge is 0.255 e. The third-order valence-corrected chi connectivity index (χ3v) is 7.64. The number of hydrogen-bond acceptors (Lipinski definition) is 4. The van der Waals surface area contributed by atoms with Crippen molar-refractivity contribution in [2.24, 2.45) is 7.05 Å². The van der Waals surface area contributed by atoms with E-state index in [0.717, 1.165) is 40.8 Å². The summed E-state index contributed by atoms with van der Waals surface area (Å²) in [5, 5.41) is 12.1. The van der Waals surface area contributed by atoms with E-state index < -0.39 is 0 Å². The number of fused-ring (bicyclic) bond motifs is 1. The highest BCUT2D eigenvalue weighted by molar-refractivity contribution is 6.02. The Balaban J connectivity index is 1.30. The van der Waals surface area contributed by atoms with Crippen molar-refractivity contribution in [3.05, 3.63) is 47.9 Å². The maximum absolute atomic E-state index is 13.1. The molecule has 0 bridgehead atoms. The second kappa shape index (κ2) is 8.42. The lowest BCUT2D eigenvalue weighted by Crippen LogP contribution is -2.50. The quantitative estimate of drug-likeness (QED) is 0.646. The number of aryl methyl sites for hydroxylation is 1. The predicted molar refractivity (Wildman–Crippen MR) is 128 cm³/mol. The van der Waals surface area contributed by atoms with Gasteiger partial charge in [-0.1, -0.05) is 25.3 Å². The van der Waals surface area contributed by atoms with Gasteiger partial charge in [-0.05, 0) is 48.9 Å². The topological polar surface area (TPSA) is 85.1 Å². The minimum Gasteiger partial charge on any atom is -0.354 e. The number of benzene rings is 1. The van der Waals surface area contributed by atoms with Gasteiger partial charge < -0.3 is 10.2 Å². The summed E-state index contributed by atoms with van der Waals surface area (Å²) in [5.74, 6) is -0.0964.